The number of rotatable bonds is 10. The van der Waals surface area contributed by atoms with E-state index in [1.807, 2.05) is 5.32 Å². The van der Waals surface area contributed by atoms with Gasteiger partial charge in [0.1, 0.15) is 11.7 Å². The van der Waals surface area contributed by atoms with E-state index in [1.165, 1.54) is 24.3 Å². The van der Waals surface area contributed by atoms with Crippen LogP contribution in [0, 0.1) is 0 Å². The number of amides is 3. The summed E-state index contributed by atoms with van der Waals surface area (Å²) in [5, 5.41) is 1.91. The summed E-state index contributed by atoms with van der Waals surface area (Å²) in [6.45, 7) is 1.07. The van der Waals surface area contributed by atoms with Crippen LogP contribution in [0.2, 0.25) is 0 Å². The summed E-state index contributed by atoms with van der Waals surface area (Å²) >= 11 is 0. The first-order valence-corrected chi connectivity index (χ1v) is 12.8. The lowest BCUT2D eigenvalue weighted by Crippen LogP contribution is -2.59. The van der Waals surface area contributed by atoms with Crippen LogP contribution in [0.3, 0.4) is 0 Å². The Balaban J connectivity index is 1.68. The molecule has 0 spiro atoms. The first-order chi connectivity index (χ1) is 18.6. The van der Waals surface area contributed by atoms with Gasteiger partial charge < -0.3 is 21.7 Å². The number of nitrogens with one attached hydrogen (secondary N) is 1. The molecule has 40 heavy (non-hydrogen) atoms. The molecule has 0 unspecified atom stereocenters. The SMILES string of the molecule is CC(C)(F)C[C@H](N)C(=O)N([C@@H](c1ccc(-c2ccc(C3(C(N)=O)CC3)cc2)cc1)C(F)F)[C@@H]1C(=O)NCC1(F)F. The maximum atomic E-state index is 14.8. The lowest BCUT2D eigenvalue weighted by molar-refractivity contribution is -0.159. The third kappa shape index (κ3) is 5.67. The highest BCUT2D eigenvalue weighted by Gasteiger charge is 2.58. The average Bonchev–Trinajstić information content (AvgIpc) is 3.63. The number of benzene rings is 2. The van der Waals surface area contributed by atoms with Gasteiger partial charge in [0.05, 0.1) is 18.0 Å². The molecule has 2 aromatic rings. The topological polar surface area (TPSA) is 119 Å². The summed E-state index contributed by atoms with van der Waals surface area (Å²) in [5.74, 6) is -6.97. The van der Waals surface area contributed by atoms with Gasteiger partial charge in [-0.3, -0.25) is 14.4 Å². The third-order valence-electron chi connectivity index (χ3n) is 7.48. The zero-order chi connectivity index (χ0) is 29.6. The highest BCUT2D eigenvalue weighted by Crippen LogP contribution is 2.48. The number of carbonyl (C=O) groups is 3. The van der Waals surface area contributed by atoms with Crippen LogP contribution in [0.25, 0.3) is 11.1 Å². The van der Waals surface area contributed by atoms with E-state index in [-0.39, 0.29) is 10.5 Å². The molecular formula is C28H31F5N4O3. The van der Waals surface area contributed by atoms with Crippen LogP contribution in [0.1, 0.15) is 50.3 Å². The highest BCUT2D eigenvalue weighted by atomic mass is 19.3. The number of nitrogens with zero attached hydrogens (tertiary/aromatic N) is 1. The Morgan fingerprint density at radius 2 is 1.57 bits per heavy atom. The molecule has 2 aromatic carbocycles. The molecular weight excluding hydrogens is 535 g/mol. The van der Waals surface area contributed by atoms with Crippen LogP contribution in [-0.4, -0.2) is 59.3 Å². The Kier molecular flexibility index (Phi) is 7.70. The summed E-state index contributed by atoms with van der Waals surface area (Å²) in [7, 11) is 0. The van der Waals surface area contributed by atoms with Crippen LogP contribution in [-0.2, 0) is 19.8 Å². The van der Waals surface area contributed by atoms with Crippen molar-refractivity contribution < 1.29 is 36.3 Å². The molecule has 216 valence electrons. The summed E-state index contributed by atoms with van der Waals surface area (Å²) in [5.41, 5.74) is 10.5. The van der Waals surface area contributed by atoms with E-state index < -0.39 is 72.2 Å². The van der Waals surface area contributed by atoms with Crippen molar-refractivity contribution in [3.63, 3.8) is 0 Å². The van der Waals surface area contributed by atoms with Gasteiger partial charge in [-0.25, -0.2) is 22.0 Å². The van der Waals surface area contributed by atoms with Crippen molar-refractivity contribution in [2.45, 2.75) is 74.7 Å². The first kappa shape index (κ1) is 29.4. The minimum absolute atomic E-state index is 0.117. The average molecular weight is 567 g/mol. The van der Waals surface area contributed by atoms with Crippen LogP contribution in [0.4, 0.5) is 22.0 Å². The zero-order valence-corrected chi connectivity index (χ0v) is 22.0. The maximum Gasteiger partial charge on any atom is 0.293 e. The molecule has 1 aliphatic heterocycles. The molecule has 2 fully saturated rings. The Hall–Kier alpha value is -3.54. The van der Waals surface area contributed by atoms with Gasteiger partial charge in [-0.2, -0.15) is 0 Å². The fraction of sp³-hybridized carbons (Fsp3) is 0.464. The molecule has 3 amide bonds. The van der Waals surface area contributed by atoms with Crippen LogP contribution in [0.5, 0.6) is 0 Å². The standard InChI is InChI=1S/C28H31F5N4O3/c1-26(2,31)13-19(34)24(39)37(21-23(38)36-14-28(21,32)33)20(22(29)30)17-5-3-15(4-6-17)16-7-9-18(10-8-16)27(11-12-27)25(35)40/h3-10,19-22H,11-14,34H2,1-2H3,(H2,35,40)(H,36,38)/t19-,20-,21+/m0/s1. The van der Waals surface area contributed by atoms with E-state index >= 15 is 0 Å². The molecule has 12 heteroatoms. The second-order valence-electron chi connectivity index (χ2n) is 11.1. The van der Waals surface area contributed by atoms with Crippen LogP contribution < -0.4 is 16.8 Å². The monoisotopic (exact) mass is 566 g/mol. The summed E-state index contributed by atoms with van der Waals surface area (Å²) in [6.07, 6.45) is -2.70. The molecule has 1 heterocycles. The first-order valence-electron chi connectivity index (χ1n) is 12.8. The quantitative estimate of drug-likeness (QED) is 0.381. The van der Waals surface area contributed by atoms with Gasteiger partial charge in [0, 0.05) is 6.42 Å². The number of halogens is 5. The molecule has 0 bridgehead atoms. The summed E-state index contributed by atoms with van der Waals surface area (Å²) < 4.78 is 73.0. The molecule has 1 aliphatic carbocycles. The molecule has 2 aliphatic rings. The Morgan fingerprint density at radius 3 is 1.98 bits per heavy atom. The predicted octanol–water partition coefficient (Wildman–Crippen LogP) is 3.60. The molecule has 1 saturated heterocycles. The van der Waals surface area contributed by atoms with Gasteiger partial charge in [-0.05, 0) is 48.9 Å². The Bertz CT molecular complexity index is 1270. The van der Waals surface area contributed by atoms with Crippen LogP contribution in [0.15, 0.2) is 48.5 Å². The van der Waals surface area contributed by atoms with Crippen molar-refractivity contribution in [2.75, 3.05) is 6.54 Å². The fourth-order valence-electron chi connectivity index (χ4n) is 5.23. The number of alkyl halides is 5. The smallest absolute Gasteiger partial charge is 0.293 e. The molecule has 5 N–H and O–H groups in total. The lowest BCUT2D eigenvalue weighted by Gasteiger charge is -2.38. The molecule has 3 atom stereocenters. The predicted molar refractivity (Wildman–Crippen MR) is 137 cm³/mol. The van der Waals surface area contributed by atoms with Crippen molar-refractivity contribution >= 4 is 17.7 Å². The molecule has 1 saturated carbocycles. The number of carbonyl (C=O) groups excluding carboxylic acids is 3. The zero-order valence-electron chi connectivity index (χ0n) is 22.0. The van der Waals surface area contributed by atoms with Crippen molar-refractivity contribution in [1.29, 1.82) is 0 Å². The van der Waals surface area contributed by atoms with E-state index in [0.717, 1.165) is 19.4 Å². The minimum Gasteiger partial charge on any atom is -0.369 e. The van der Waals surface area contributed by atoms with E-state index in [4.69, 9.17) is 11.5 Å². The van der Waals surface area contributed by atoms with Crippen molar-refractivity contribution in [2.24, 2.45) is 11.5 Å². The van der Waals surface area contributed by atoms with Gasteiger partial charge in [0.25, 0.3) is 12.3 Å². The second-order valence-corrected chi connectivity index (χ2v) is 11.1. The molecule has 4 rings (SSSR count). The number of hydrogen-bond acceptors (Lipinski definition) is 4. The second kappa shape index (κ2) is 10.5. The van der Waals surface area contributed by atoms with Gasteiger partial charge in [0.15, 0.2) is 6.04 Å². The van der Waals surface area contributed by atoms with Crippen LogP contribution >= 0.6 is 0 Å². The number of hydrogen-bond donors (Lipinski definition) is 3. The van der Waals surface area contributed by atoms with E-state index in [2.05, 4.69) is 0 Å². The number of primary amides is 1. The van der Waals surface area contributed by atoms with Gasteiger partial charge >= 0.3 is 0 Å². The largest absolute Gasteiger partial charge is 0.369 e. The summed E-state index contributed by atoms with van der Waals surface area (Å²) in [4.78, 5) is 37.6. The van der Waals surface area contributed by atoms with Gasteiger partial charge in [-0.1, -0.05) is 48.5 Å². The Morgan fingerprint density at radius 1 is 1.05 bits per heavy atom. The van der Waals surface area contributed by atoms with E-state index in [1.54, 1.807) is 24.3 Å². The van der Waals surface area contributed by atoms with Gasteiger partial charge in [0.2, 0.25) is 17.7 Å². The maximum absolute atomic E-state index is 14.8. The minimum atomic E-state index is -3.86. The van der Waals surface area contributed by atoms with Crippen molar-refractivity contribution in [3.05, 3.63) is 59.7 Å². The molecule has 0 radical (unpaired) electrons. The third-order valence-corrected chi connectivity index (χ3v) is 7.48. The summed E-state index contributed by atoms with van der Waals surface area (Å²) in [6, 6.07) is 5.89. The highest BCUT2D eigenvalue weighted by molar-refractivity contribution is 5.92. The lowest BCUT2D eigenvalue weighted by atomic mass is 9.92. The van der Waals surface area contributed by atoms with Crippen molar-refractivity contribution in [1.82, 2.24) is 10.2 Å². The van der Waals surface area contributed by atoms with E-state index in [9.17, 15) is 36.3 Å². The molecule has 7 nitrogen and oxygen atoms in total. The molecule has 0 aromatic heterocycles. The van der Waals surface area contributed by atoms with Gasteiger partial charge in [-0.15, -0.1) is 0 Å². The fourth-order valence-corrected chi connectivity index (χ4v) is 5.23. The Labute approximate surface area is 228 Å². The van der Waals surface area contributed by atoms with E-state index in [0.29, 0.717) is 24.0 Å². The number of nitrogens with two attached hydrogens (primary N) is 2. The normalized spacial score (nSPS) is 21.0. The van der Waals surface area contributed by atoms with Crippen molar-refractivity contribution in [3.8, 4) is 11.1 Å².